The van der Waals surface area contributed by atoms with Crippen LogP contribution in [-0.4, -0.2) is 30.2 Å². The molecule has 5 heteroatoms. The van der Waals surface area contributed by atoms with E-state index in [-0.39, 0.29) is 31.0 Å². The highest BCUT2D eigenvalue weighted by atomic mass is 35.5. The molecule has 16 heavy (non-hydrogen) atoms. The van der Waals surface area contributed by atoms with Crippen molar-refractivity contribution in [2.75, 3.05) is 13.2 Å². The van der Waals surface area contributed by atoms with E-state index in [1.165, 1.54) is 0 Å². The summed E-state index contributed by atoms with van der Waals surface area (Å²) in [6.45, 7) is 4.87. The molecular formula is C11H25ClN2O2. The molecule has 0 aliphatic heterocycles. The van der Waals surface area contributed by atoms with E-state index in [4.69, 9.17) is 10.8 Å². The zero-order valence-electron chi connectivity index (χ0n) is 10.2. The molecule has 0 saturated heterocycles. The Labute approximate surface area is 104 Å². The third kappa shape index (κ3) is 8.95. The average molecular weight is 253 g/mol. The first-order valence-electron chi connectivity index (χ1n) is 5.76. The number of hydrogen-bond acceptors (Lipinski definition) is 3. The number of nitrogens with one attached hydrogen (secondary N) is 1. The Kier molecular flexibility index (Phi) is 12.6. The van der Waals surface area contributed by atoms with Crippen LogP contribution in [0, 0.1) is 5.92 Å². The van der Waals surface area contributed by atoms with E-state index in [1.54, 1.807) is 0 Å². The fourth-order valence-corrected chi connectivity index (χ4v) is 1.33. The maximum atomic E-state index is 11.4. The third-order valence-electron chi connectivity index (χ3n) is 2.42. The van der Waals surface area contributed by atoms with E-state index in [2.05, 4.69) is 5.32 Å². The van der Waals surface area contributed by atoms with Crippen molar-refractivity contribution in [3.8, 4) is 0 Å². The Hall–Kier alpha value is -0.320. The summed E-state index contributed by atoms with van der Waals surface area (Å²) in [5.74, 6) is 0.250. The monoisotopic (exact) mass is 252 g/mol. The molecule has 0 aliphatic rings. The highest BCUT2D eigenvalue weighted by Gasteiger charge is 2.10. The second-order valence-corrected chi connectivity index (χ2v) is 4.12. The lowest BCUT2D eigenvalue weighted by atomic mass is 10.1. The SMILES string of the molecule is CCCC(N)C(=O)NCCCC(C)CO.Cl. The first kappa shape index (κ1) is 18.1. The van der Waals surface area contributed by atoms with E-state index in [0.717, 1.165) is 25.7 Å². The highest BCUT2D eigenvalue weighted by Crippen LogP contribution is 2.02. The minimum Gasteiger partial charge on any atom is -0.396 e. The molecule has 2 unspecified atom stereocenters. The van der Waals surface area contributed by atoms with Gasteiger partial charge in [-0.3, -0.25) is 4.79 Å². The van der Waals surface area contributed by atoms with Gasteiger partial charge in [-0.05, 0) is 25.2 Å². The molecule has 0 heterocycles. The Balaban J connectivity index is 0. The molecule has 0 rings (SSSR count). The van der Waals surface area contributed by atoms with Crippen molar-refractivity contribution < 1.29 is 9.90 Å². The Morgan fingerprint density at radius 1 is 1.44 bits per heavy atom. The second-order valence-electron chi connectivity index (χ2n) is 4.12. The van der Waals surface area contributed by atoms with Crippen LogP contribution in [-0.2, 0) is 4.79 Å². The number of rotatable bonds is 8. The molecule has 2 atom stereocenters. The maximum Gasteiger partial charge on any atom is 0.236 e. The number of carbonyl (C=O) groups excluding carboxylic acids is 1. The summed E-state index contributed by atoms with van der Waals surface area (Å²) >= 11 is 0. The van der Waals surface area contributed by atoms with Crippen LogP contribution in [0.1, 0.15) is 39.5 Å². The van der Waals surface area contributed by atoms with Crippen LogP contribution < -0.4 is 11.1 Å². The third-order valence-corrected chi connectivity index (χ3v) is 2.42. The van der Waals surface area contributed by atoms with Crippen molar-refractivity contribution in [3.05, 3.63) is 0 Å². The molecule has 4 nitrogen and oxygen atoms in total. The van der Waals surface area contributed by atoms with Crippen LogP contribution in [0.5, 0.6) is 0 Å². The van der Waals surface area contributed by atoms with Gasteiger partial charge in [0.05, 0.1) is 6.04 Å². The van der Waals surface area contributed by atoms with E-state index >= 15 is 0 Å². The standard InChI is InChI=1S/C11H24N2O2.ClH/c1-3-5-10(12)11(15)13-7-4-6-9(2)8-14;/h9-10,14H,3-8,12H2,1-2H3,(H,13,15);1H. The Morgan fingerprint density at radius 3 is 2.56 bits per heavy atom. The zero-order valence-corrected chi connectivity index (χ0v) is 11.1. The summed E-state index contributed by atoms with van der Waals surface area (Å²) in [5.41, 5.74) is 5.64. The molecule has 0 saturated carbocycles. The number of aliphatic hydroxyl groups is 1. The lowest BCUT2D eigenvalue weighted by molar-refractivity contribution is -0.122. The zero-order chi connectivity index (χ0) is 11.7. The van der Waals surface area contributed by atoms with Gasteiger partial charge in [0, 0.05) is 13.2 Å². The van der Waals surface area contributed by atoms with Gasteiger partial charge in [0.1, 0.15) is 0 Å². The molecule has 98 valence electrons. The summed E-state index contributed by atoms with van der Waals surface area (Å²) in [6, 6.07) is -0.370. The molecule has 0 bridgehead atoms. The fourth-order valence-electron chi connectivity index (χ4n) is 1.33. The van der Waals surface area contributed by atoms with Gasteiger partial charge in [-0.1, -0.05) is 20.3 Å². The topological polar surface area (TPSA) is 75.4 Å². The number of nitrogens with two attached hydrogens (primary N) is 1. The van der Waals surface area contributed by atoms with Crippen molar-refractivity contribution in [1.82, 2.24) is 5.32 Å². The van der Waals surface area contributed by atoms with Gasteiger partial charge in [0.2, 0.25) is 5.91 Å². The van der Waals surface area contributed by atoms with E-state index in [1.807, 2.05) is 13.8 Å². The van der Waals surface area contributed by atoms with Gasteiger partial charge in [-0.2, -0.15) is 0 Å². The predicted octanol–water partition coefficient (Wildman–Crippen LogP) is 1.06. The van der Waals surface area contributed by atoms with Crippen LogP contribution in [0.3, 0.4) is 0 Å². The first-order valence-corrected chi connectivity index (χ1v) is 5.76. The molecule has 0 aliphatic carbocycles. The lowest BCUT2D eigenvalue weighted by Gasteiger charge is -2.12. The predicted molar refractivity (Wildman–Crippen MR) is 68.6 cm³/mol. The summed E-state index contributed by atoms with van der Waals surface area (Å²) in [4.78, 5) is 11.4. The summed E-state index contributed by atoms with van der Waals surface area (Å²) < 4.78 is 0. The highest BCUT2D eigenvalue weighted by molar-refractivity contribution is 5.85. The minimum atomic E-state index is -0.370. The molecule has 4 N–H and O–H groups in total. The fraction of sp³-hybridized carbons (Fsp3) is 0.909. The number of aliphatic hydroxyl groups excluding tert-OH is 1. The number of carbonyl (C=O) groups is 1. The normalized spacial score (nSPS) is 13.8. The summed E-state index contributed by atoms with van der Waals surface area (Å²) in [5, 5.41) is 11.6. The van der Waals surface area contributed by atoms with Crippen molar-refractivity contribution in [2.24, 2.45) is 11.7 Å². The molecule has 0 aromatic carbocycles. The first-order chi connectivity index (χ1) is 7.11. The molecule has 1 amide bonds. The van der Waals surface area contributed by atoms with Crippen molar-refractivity contribution in [2.45, 2.75) is 45.6 Å². The van der Waals surface area contributed by atoms with E-state index < -0.39 is 0 Å². The largest absolute Gasteiger partial charge is 0.396 e. The van der Waals surface area contributed by atoms with Crippen molar-refractivity contribution in [3.63, 3.8) is 0 Å². The van der Waals surface area contributed by atoms with Gasteiger partial charge >= 0.3 is 0 Å². The maximum absolute atomic E-state index is 11.4. The molecule has 0 spiro atoms. The Morgan fingerprint density at radius 2 is 2.06 bits per heavy atom. The van der Waals surface area contributed by atoms with Crippen LogP contribution in [0.15, 0.2) is 0 Å². The van der Waals surface area contributed by atoms with Gasteiger partial charge in [0.25, 0.3) is 0 Å². The summed E-state index contributed by atoms with van der Waals surface area (Å²) in [7, 11) is 0. The number of hydrogen-bond donors (Lipinski definition) is 3. The van der Waals surface area contributed by atoms with E-state index in [0.29, 0.717) is 12.5 Å². The average Bonchev–Trinajstić information content (AvgIpc) is 2.23. The van der Waals surface area contributed by atoms with Gasteiger partial charge in [0.15, 0.2) is 0 Å². The van der Waals surface area contributed by atoms with Crippen LogP contribution in [0.4, 0.5) is 0 Å². The van der Waals surface area contributed by atoms with E-state index in [9.17, 15) is 4.79 Å². The van der Waals surface area contributed by atoms with Gasteiger partial charge in [-0.15, -0.1) is 12.4 Å². The van der Waals surface area contributed by atoms with Crippen LogP contribution >= 0.6 is 12.4 Å². The Bertz CT molecular complexity index is 179. The quantitative estimate of drug-likeness (QED) is 0.566. The van der Waals surface area contributed by atoms with Crippen LogP contribution in [0.2, 0.25) is 0 Å². The van der Waals surface area contributed by atoms with Crippen LogP contribution in [0.25, 0.3) is 0 Å². The molecule has 0 fully saturated rings. The second kappa shape index (κ2) is 11.2. The molecule has 0 aromatic rings. The smallest absolute Gasteiger partial charge is 0.236 e. The van der Waals surface area contributed by atoms with Gasteiger partial charge < -0.3 is 16.2 Å². The molecule has 0 aromatic heterocycles. The number of halogens is 1. The molecular weight excluding hydrogens is 228 g/mol. The lowest BCUT2D eigenvalue weighted by Crippen LogP contribution is -2.40. The van der Waals surface area contributed by atoms with Crippen molar-refractivity contribution >= 4 is 18.3 Å². The minimum absolute atomic E-state index is 0. The summed E-state index contributed by atoms with van der Waals surface area (Å²) in [6.07, 6.45) is 3.49. The number of amides is 1. The van der Waals surface area contributed by atoms with Crippen molar-refractivity contribution in [1.29, 1.82) is 0 Å². The molecule has 0 radical (unpaired) electrons. The van der Waals surface area contributed by atoms with Gasteiger partial charge in [-0.25, -0.2) is 0 Å².